The van der Waals surface area contributed by atoms with Gasteiger partial charge >= 0.3 is 0 Å². The second-order valence-electron chi connectivity index (χ2n) is 6.80. The highest BCUT2D eigenvalue weighted by Crippen LogP contribution is 2.19. The lowest BCUT2D eigenvalue weighted by molar-refractivity contribution is 0.0746. The van der Waals surface area contributed by atoms with E-state index in [1.807, 2.05) is 23.1 Å². The first-order chi connectivity index (χ1) is 14.1. The number of aromatic nitrogens is 1. The summed E-state index contributed by atoms with van der Waals surface area (Å²) in [4.78, 5) is 21.0. The fourth-order valence-corrected chi connectivity index (χ4v) is 3.31. The lowest BCUT2D eigenvalue weighted by Crippen LogP contribution is -2.48. The van der Waals surface area contributed by atoms with Crippen LogP contribution < -0.4 is 10.2 Å². The van der Waals surface area contributed by atoms with Crippen LogP contribution in [-0.4, -0.2) is 42.0 Å². The van der Waals surface area contributed by atoms with Crippen LogP contribution in [0.2, 0.25) is 0 Å². The Labute approximate surface area is 167 Å². The first-order valence-electron chi connectivity index (χ1n) is 9.37. The number of anilines is 3. The van der Waals surface area contributed by atoms with Gasteiger partial charge in [-0.2, -0.15) is 0 Å². The predicted molar refractivity (Wildman–Crippen MR) is 108 cm³/mol. The van der Waals surface area contributed by atoms with Gasteiger partial charge in [0.2, 0.25) is 0 Å². The molecule has 1 aliphatic heterocycles. The van der Waals surface area contributed by atoms with Crippen LogP contribution in [0.15, 0.2) is 66.9 Å². The van der Waals surface area contributed by atoms with E-state index >= 15 is 0 Å². The van der Waals surface area contributed by atoms with Crippen molar-refractivity contribution in [3.05, 3.63) is 84.1 Å². The van der Waals surface area contributed by atoms with E-state index in [9.17, 15) is 13.6 Å². The maximum Gasteiger partial charge on any atom is 0.255 e. The van der Waals surface area contributed by atoms with Crippen LogP contribution in [0.25, 0.3) is 0 Å². The van der Waals surface area contributed by atoms with E-state index in [0.717, 1.165) is 30.9 Å². The lowest BCUT2D eigenvalue weighted by atomic mass is 10.2. The summed E-state index contributed by atoms with van der Waals surface area (Å²) < 4.78 is 26.3. The smallest absolute Gasteiger partial charge is 0.255 e. The van der Waals surface area contributed by atoms with Crippen molar-refractivity contribution >= 4 is 23.1 Å². The molecule has 4 rings (SSSR count). The summed E-state index contributed by atoms with van der Waals surface area (Å²) >= 11 is 0. The quantitative estimate of drug-likeness (QED) is 0.725. The van der Waals surface area contributed by atoms with E-state index in [1.54, 1.807) is 12.1 Å². The molecule has 0 saturated carbocycles. The largest absolute Gasteiger partial charge is 0.368 e. The Bertz CT molecular complexity index is 987. The van der Waals surface area contributed by atoms with Crippen LogP contribution in [0.1, 0.15) is 10.4 Å². The van der Waals surface area contributed by atoms with Crippen LogP contribution >= 0.6 is 0 Å². The number of para-hydroxylation sites is 1. The van der Waals surface area contributed by atoms with Crippen LogP contribution in [0, 0.1) is 11.6 Å². The third-order valence-electron chi connectivity index (χ3n) is 4.89. The van der Waals surface area contributed by atoms with Crippen LogP contribution in [0.5, 0.6) is 0 Å². The Morgan fingerprint density at radius 3 is 2.31 bits per heavy atom. The number of nitrogens with zero attached hydrogens (tertiary/aromatic N) is 3. The zero-order valence-corrected chi connectivity index (χ0v) is 15.7. The topological polar surface area (TPSA) is 48.5 Å². The number of rotatable bonds is 4. The highest BCUT2D eigenvalue weighted by atomic mass is 19.2. The second-order valence-corrected chi connectivity index (χ2v) is 6.80. The highest BCUT2D eigenvalue weighted by Gasteiger charge is 2.22. The van der Waals surface area contributed by atoms with E-state index in [1.165, 1.54) is 12.3 Å². The van der Waals surface area contributed by atoms with E-state index < -0.39 is 11.6 Å². The molecule has 0 atom stereocenters. The molecule has 1 N–H and O–H groups in total. The predicted octanol–water partition coefficient (Wildman–Crippen LogP) is 4.07. The number of carbonyl (C=O) groups is 1. The Balaban J connectivity index is 1.36. The third kappa shape index (κ3) is 4.34. The molecule has 0 unspecified atom stereocenters. The maximum absolute atomic E-state index is 13.3. The average molecular weight is 394 g/mol. The second kappa shape index (κ2) is 8.26. The molecule has 1 saturated heterocycles. The van der Waals surface area contributed by atoms with Crippen molar-refractivity contribution in [1.29, 1.82) is 0 Å². The molecule has 1 amide bonds. The minimum Gasteiger partial charge on any atom is -0.368 e. The number of piperazine rings is 1. The zero-order chi connectivity index (χ0) is 20.2. The van der Waals surface area contributed by atoms with Crippen LogP contribution in [-0.2, 0) is 0 Å². The van der Waals surface area contributed by atoms with Gasteiger partial charge in [-0.1, -0.05) is 18.2 Å². The minimum atomic E-state index is -0.934. The van der Waals surface area contributed by atoms with Gasteiger partial charge in [0, 0.05) is 49.8 Å². The molecule has 2 heterocycles. The van der Waals surface area contributed by atoms with Gasteiger partial charge in [-0.05, 0) is 36.4 Å². The number of benzene rings is 2. The van der Waals surface area contributed by atoms with Crippen molar-refractivity contribution < 1.29 is 13.6 Å². The van der Waals surface area contributed by atoms with E-state index in [0.29, 0.717) is 30.2 Å². The molecule has 1 aliphatic rings. The molecular weight excluding hydrogens is 374 g/mol. The Kier molecular flexibility index (Phi) is 5.37. The van der Waals surface area contributed by atoms with Gasteiger partial charge in [-0.3, -0.25) is 4.79 Å². The van der Waals surface area contributed by atoms with Gasteiger partial charge in [0.15, 0.2) is 11.6 Å². The van der Waals surface area contributed by atoms with Crippen molar-refractivity contribution in [2.75, 3.05) is 36.4 Å². The monoisotopic (exact) mass is 394 g/mol. The summed E-state index contributed by atoms with van der Waals surface area (Å²) in [6, 6.07) is 17.0. The van der Waals surface area contributed by atoms with Crippen molar-refractivity contribution in [2.24, 2.45) is 0 Å². The molecule has 0 radical (unpaired) electrons. The molecule has 0 spiro atoms. The summed E-state index contributed by atoms with van der Waals surface area (Å²) in [6.07, 6.45) is 1.49. The van der Waals surface area contributed by atoms with Crippen molar-refractivity contribution in [1.82, 2.24) is 9.88 Å². The summed E-state index contributed by atoms with van der Waals surface area (Å²) in [5.41, 5.74) is 2.04. The molecule has 1 aromatic heterocycles. The Morgan fingerprint density at radius 1 is 0.897 bits per heavy atom. The van der Waals surface area contributed by atoms with Crippen molar-refractivity contribution in [3.8, 4) is 0 Å². The van der Waals surface area contributed by atoms with Gasteiger partial charge in [0.25, 0.3) is 5.91 Å². The van der Waals surface area contributed by atoms with Gasteiger partial charge < -0.3 is 15.1 Å². The molecule has 148 valence electrons. The first-order valence-corrected chi connectivity index (χ1v) is 9.37. The van der Waals surface area contributed by atoms with E-state index in [2.05, 4.69) is 27.3 Å². The maximum atomic E-state index is 13.3. The number of nitrogens with one attached hydrogen (secondary N) is 1. The summed E-state index contributed by atoms with van der Waals surface area (Å²) in [7, 11) is 0. The Morgan fingerprint density at radius 2 is 1.66 bits per heavy atom. The average Bonchev–Trinajstić information content (AvgIpc) is 2.77. The molecule has 0 aliphatic carbocycles. The minimum absolute atomic E-state index is 0.0652. The van der Waals surface area contributed by atoms with Crippen molar-refractivity contribution in [2.45, 2.75) is 0 Å². The molecule has 5 nitrogen and oxygen atoms in total. The molecular formula is C22H20F2N4O. The van der Waals surface area contributed by atoms with Gasteiger partial charge in [-0.25, -0.2) is 13.8 Å². The lowest BCUT2D eigenvalue weighted by Gasteiger charge is -2.36. The molecule has 1 fully saturated rings. The molecule has 0 bridgehead atoms. The number of hydrogen-bond donors (Lipinski definition) is 1. The molecule has 7 heteroatoms. The number of halogens is 2. The first kappa shape index (κ1) is 18.9. The number of amides is 1. The summed E-state index contributed by atoms with van der Waals surface area (Å²) in [5, 5.41) is 2.89. The Hall–Kier alpha value is -3.48. The molecule has 29 heavy (non-hydrogen) atoms. The van der Waals surface area contributed by atoms with Gasteiger partial charge in [-0.15, -0.1) is 0 Å². The summed E-state index contributed by atoms with van der Waals surface area (Å²) in [5.74, 6) is -1.46. The standard InChI is InChI=1S/C22H20F2N4O/c23-19-8-7-17(14-20(19)24)26-21-9-6-16(15-25-21)22(29)28-12-10-27(11-13-28)18-4-2-1-3-5-18/h1-9,14-15H,10-13H2,(H,25,26). The molecule has 2 aromatic carbocycles. The fraction of sp³-hybridized carbons (Fsp3) is 0.182. The van der Waals surface area contributed by atoms with Crippen LogP contribution in [0.4, 0.5) is 26.0 Å². The molecule has 3 aromatic rings. The van der Waals surface area contributed by atoms with Crippen molar-refractivity contribution in [3.63, 3.8) is 0 Å². The highest BCUT2D eigenvalue weighted by molar-refractivity contribution is 5.94. The van der Waals surface area contributed by atoms with Gasteiger partial charge in [0.05, 0.1) is 5.56 Å². The normalized spacial score (nSPS) is 14.0. The number of pyridine rings is 1. The van der Waals surface area contributed by atoms with Gasteiger partial charge in [0.1, 0.15) is 5.82 Å². The summed E-state index contributed by atoms with van der Waals surface area (Å²) in [6.45, 7) is 2.84. The zero-order valence-electron chi connectivity index (χ0n) is 15.7. The van der Waals surface area contributed by atoms with E-state index in [-0.39, 0.29) is 5.91 Å². The SMILES string of the molecule is O=C(c1ccc(Nc2ccc(F)c(F)c2)nc1)N1CCN(c2ccccc2)CC1. The number of carbonyl (C=O) groups excluding carboxylic acids is 1. The third-order valence-corrected chi connectivity index (χ3v) is 4.89. The van der Waals surface area contributed by atoms with Crippen LogP contribution in [0.3, 0.4) is 0 Å². The van der Waals surface area contributed by atoms with E-state index in [4.69, 9.17) is 0 Å². The number of hydrogen-bond acceptors (Lipinski definition) is 4. The fourth-order valence-electron chi connectivity index (χ4n) is 3.31.